The number of aromatic nitrogens is 2. The second kappa shape index (κ2) is 9.10. The Hall–Kier alpha value is -2.25. The number of nitrogens with one attached hydrogen (secondary N) is 1. The topological polar surface area (TPSA) is 68.0 Å². The maximum atomic E-state index is 12.3. The van der Waals surface area contributed by atoms with E-state index in [1.165, 1.54) is 4.90 Å². The number of benzene rings is 2. The van der Waals surface area contributed by atoms with Crippen LogP contribution in [0.2, 0.25) is 0 Å². The summed E-state index contributed by atoms with van der Waals surface area (Å²) in [5.74, 6) is 0.198. The Morgan fingerprint density at radius 2 is 1.89 bits per heavy atom. The molecule has 2 aromatic carbocycles. The lowest BCUT2D eigenvalue weighted by Crippen LogP contribution is -2.12. The minimum atomic E-state index is -0.267. The molecule has 140 valence electrons. The van der Waals surface area contributed by atoms with Gasteiger partial charge in [-0.25, -0.2) is 0 Å². The fraction of sp³-hybridized carbons (Fsp3) is 0.250. The van der Waals surface area contributed by atoms with Crippen molar-refractivity contribution in [2.24, 2.45) is 0 Å². The van der Waals surface area contributed by atoms with Crippen molar-refractivity contribution in [2.45, 2.75) is 35.3 Å². The summed E-state index contributed by atoms with van der Waals surface area (Å²) in [6.45, 7) is 4.34. The van der Waals surface area contributed by atoms with E-state index in [1.54, 1.807) is 17.8 Å². The maximum Gasteiger partial charge on any atom is 0.322 e. The van der Waals surface area contributed by atoms with Crippen LogP contribution in [0, 0.1) is 0 Å². The van der Waals surface area contributed by atoms with Crippen molar-refractivity contribution < 1.29 is 9.21 Å². The van der Waals surface area contributed by atoms with Crippen molar-refractivity contribution in [3.63, 3.8) is 0 Å². The van der Waals surface area contributed by atoms with Gasteiger partial charge in [-0.1, -0.05) is 37.1 Å². The molecule has 5 nitrogen and oxygen atoms in total. The lowest BCUT2D eigenvalue weighted by Gasteiger charge is -2.05. The highest BCUT2D eigenvalue weighted by atomic mass is 32.2. The van der Waals surface area contributed by atoms with E-state index in [0.717, 1.165) is 10.5 Å². The number of carbonyl (C=O) groups excluding carboxylic acids is 1. The van der Waals surface area contributed by atoms with Gasteiger partial charge in [-0.15, -0.1) is 28.6 Å². The van der Waals surface area contributed by atoms with Crippen LogP contribution >= 0.6 is 23.5 Å². The van der Waals surface area contributed by atoms with E-state index >= 15 is 0 Å². The van der Waals surface area contributed by atoms with Crippen LogP contribution in [0.25, 0.3) is 0 Å². The van der Waals surface area contributed by atoms with E-state index < -0.39 is 0 Å². The van der Waals surface area contributed by atoms with Gasteiger partial charge >= 0.3 is 6.01 Å². The van der Waals surface area contributed by atoms with Gasteiger partial charge in [0.15, 0.2) is 0 Å². The highest BCUT2D eigenvalue weighted by Gasteiger charge is 2.12. The molecule has 3 rings (SSSR count). The van der Waals surface area contributed by atoms with Crippen LogP contribution in [0.1, 0.15) is 35.7 Å². The minimum absolute atomic E-state index is 0.108. The molecular weight excluding hydrogens is 378 g/mol. The number of hydrogen-bond acceptors (Lipinski definition) is 6. The Labute approximate surface area is 167 Å². The average molecular weight is 400 g/mol. The largest absolute Gasteiger partial charge is 0.407 e. The number of thioether (sulfide) groups is 2. The van der Waals surface area contributed by atoms with Crippen LogP contribution in [0.15, 0.2) is 62.7 Å². The van der Waals surface area contributed by atoms with Crippen molar-refractivity contribution in [3.8, 4) is 0 Å². The molecule has 0 spiro atoms. The first kappa shape index (κ1) is 19.5. The van der Waals surface area contributed by atoms with Gasteiger partial charge in [0, 0.05) is 20.6 Å². The molecule has 0 unspecified atom stereocenters. The maximum absolute atomic E-state index is 12.3. The molecule has 0 saturated carbocycles. The number of rotatable bonds is 7. The third-order valence-electron chi connectivity index (χ3n) is 3.67. The SMILES string of the molecule is CSc1cccc(C(=O)Nc2nnc(Cc3ccc(SC(C)C)cc3)o2)c1. The average Bonchev–Trinajstić information content (AvgIpc) is 3.09. The molecule has 0 aliphatic carbocycles. The van der Waals surface area contributed by atoms with Crippen LogP contribution in [0.4, 0.5) is 6.01 Å². The van der Waals surface area contributed by atoms with Crippen LogP contribution < -0.4 is 5.32 Å². The highest BCUT2D eigenvalue weighted by Crippen LogP contribution is 2.23. The molecule has 1 heterocycles. The van der Waals surface area contributed by atoms with Crippen molar-refractivity contribution in [1.29, 1.82) is 0 Å². The van der Waals surface area contributed by atoms with Gasteiger partial charge in [0.2, 0.25) is 5.89 Å². The molecule has 0 fully saturated rings. The first-order valence-electron chi connectivity index (χ1n) is 8.57. The van der Waals surface area contributed by atoms with E-state index in [1.807, 2.05) is 36.2 Å². The lowest BCUT2D eigenvalue weighted by atomic mass is 10.1. The summed E-state index contributed by atoms with van der Waals surface area (Å²) in [4.78, 5) is 14.6. The molecule has 0 saturated heterocycles. The number of hydrogen-bond donors (Lipinski definition) is 1. The highest BCUT2D eigenvalue weighted by molar-refractivity contribution is 8.00. The fourth-order valence-electron chi connectivity index (χ4n) is 2.44. The molecule has 0 aliphatic heterocycles. The van der Waals surface area contributed by atoms with E-state index in [0.29, 0.717) is 23.1 Å². The zero-order valence-electron chi connectivity index (χ0n) is 15.4. The van der Waals surface area contributed by atoms with Crippen molar-refractivity contribution in [1.82, 2.24) is 10.2 Å². The molecule has 3 aromatic rings. The number of anilines is 1. The molecule has 0 radical (unpaired) electrons. The Balaban J connectivity index is 1.61. The van der Waals surface area contributed by atoms with Crippen LogP contribution in [0.5, 0.6) is 0 Å². The van der Waals surface area contributed by atoms with E-state index in [2.05, 4.69) is 53.6 Å². The summed E-state index contributed by atoms with van der Waals surface area (Å²) in [6, 6.07) is 15.8. The molecule has 27 heavy (non-hydrogen) atoms. The molecule has 1 aromatic heterocycles. The Morgan fingerprint density at radius 3 is 2.59 bits per heavy atom. The van der Waals surface area contributed by atoms with Gasteiger partial charge in [0.05, 0.1) is 6.42 Å². The van der Waals surface area contributed by atoms with Crippen molar-refractivity contribution in [3.05, 3.63) is 65.5 Å². The van der Waals surface area contributed by atoms with E-state index in [4.69, 9.17) is 4.42 Å². The molecule has 0 bridgehead atoms. The van der Waals surface area contributed by atoms with Gasteiger partial charge in [-0.3, -0.25) is 10.1 Å². The summed E-state index contributed by atoms with van der Waals surface area (Å²) in [7, 11) is 0. The standard InChI is InChI=1S/C20H21N3O2S2/c1-13(2)27-16-9-7-14(8-10-16)11-18-22-23-20(25-18)21-19(24)15-5-4-6-17(12-15)26-3/h4-10,12-13H,11H2,1-3H3,(H,21,23,24). The summed E-state index contributed by atoms with van der Waals surface area (Å²) in [5, 5.41) is 11.1. The predicted octanol–water partition coefficient (Wildman–Crippen LogP) is 5.14. The zero-order chi connectivity index (χ0) is 19.2. The summed E-state index contributed by atoms with van der Waals surface area (Å²) in [5.41, 5.74) is 1.64. The predicted molar refractivity (Wildman–Crippen MR) is 111 cm³/mol. The van der Waals surface area contributed by atoms with Crippen LogP contribution in [-0.2, 0) is 6.42 Å². The second-order valence-corrected chi connectivity index (χ2v) is 8.70. The third kappa shape index (κ3) is 5.61. The fourth-order valence-corrected chi connectivity index (χ4v) is 3.74. The second-order valence-electron chi connectivity index (χ2n) is 6.17. The summed E-state index contributed by atoms with van der Waals surface area (Å²) < 4.78 is 5.57. The number of nitrogens with zero attached hydrogens (tertiary/aromatic N) is 2. The zero-order valence-corrected chi connectivity index (χ0v) is 17.1. The molecule has 0 aliphatic rings. The summed E-state index contributed by atoms with van der Waals surface area (Å²) in [6.07, 6.45) is 2.49. The lowest BCUT2D eigenvalue weighted by molar-refractivity contribution is 0.102. The Bertz CT molecular complexity index is 908. The van der Waals surface area contributed by atoms with Crippen molar-refractivity contribution >= 4 is 35.4 Å². The van der Waals surface area contributed by atoms with Gasteiger partial charge in [-0.2, -0.15) is 0 Å². The van der Waals surface area contributed by atoms with Crippen molar-refractivity contribution in [2.75, 3.05) is 11.6 Å². The molecule has 0 atom stereocenters. The molecule has 1 amide bonds. The van der Waals surface area contributed by atoms with Crippen LogP contribution in [0.3, 0.4) is 0 Å². The van der Waals surface area contributed by atoms with Gasteiger partial charge in [0.25, 0.3) is 5.91 Å². The number of carbonyl (C=O) groups is 1. The number of amides is 1. The third-order valence-corrected chi connectivity index (χ3v) is 5.41. The smallest absolute Gasteiger partial charge is 0.322 e. The van der Waals surface area contributed by atoms with Crippen LogP contribution in [-0.4, -0.2) is 27.6 Å². The Kier molecular flexibility index (Phi) is 6.58. The van der Waals surface area contributed by atoms with Gasteiger partial charge in [-0.05, 0) is 42.2 Å². The molecular formula is C20H21N3O2S2. The molecule has 7 heteroatoms. The quantitative estimate of drug-likeness (QED) is 0.555. The minimum Gasteiger partial charge on any atom is -0.407 e. The Morgan fingerprint density at radius 1 is 1.11 bits per heavy atom. The normalized spacial score (nSPS) is 11.0. The van der Waals surface area contributed by atoms with E-state index in [9.17, 15) is 4.79 Å². The molecule has 1 N–H and O–H groups in total. The van der Waals surface area contributed by atoms with Gasteiger partial charge in [0.1, 0.15) is 0 Å². The van der Waals surface area contributed by atoms with E-state index in [-0.39, 0.29) is 11.9 Å². The first-order chi connectivity index (χ1) is 13.0. The monoisotopic (exact) mass is 399 g/mol. The summed E-state index contributed by atoms with van der Waals surface area (Å²) >= 11 is 3.41. The first-order valence-corrected chi connectivity index (χ1v) is 10.7. The van der Waals surface area contributed by atoms with Gasteiger partial charge < -0.3 is 4.42 Å².